The molecule has 2 saturated carbocycles. The predicted molar refractivity (Wildman–Crippen MR) is 97.4 cm³/mol. The summed E-state index contributed by atoms with van der Waals surface area (Å²) in [4.78, 5) is 0. The van der Waals surface area contributed by atoms with Crippen LogP contribution in [-0.2, 0) is 9.47 Å². The normalized spacial score (nSPS) is 32.3. The second-order valence-electron chi connectivity index (χ2n) is 7.71. The van der Waals surface area contributed by atoms with E-state index in [1.54, 1.807) is 0 Å². The van der Waals surface area contributed by atoms with Crippen LogP contribution in [0.25, 0.3) is 0 Å². The van der Waals surface area contributed by atoms with Crippen molar-refractivity contribution in [1.82, 2.24) is 0 Å². The first-order chi connectivity index (χ1) is 11.3. The topological polar surface area (TPSA) is 18.5 Å². The van der Waals surface area contributed by atoms with Gasteiger partial charge in [0.15, 0.2) is 0 Å². The number of ether oxygens (including phenoxy) is 2. The van der Waals surface area contributed by atoms with Crippen molar-refractivity contribution in [1.29, 1.82) is 0 Å². The lowest BCUT2D eigenvalue weighted by atomic mass is 9.69. The largest absolute Gasteiger partial charge is 0.501 e. The second kappa shape index (κ2) is 11.1. The van der Waals surface area contributed by atoms with Gasteiger partial charge in [0.05, 0.1) is 12.9 Å². The van der Waals surface area contributed by atoms with Crippen molar-refractivity contribution in [2.45, 2.75) is 78.1 Å². The number of allylic oxidation sites excluding steroid dienone is 1. The summed E-state index contributed by atoms with van der Waals surface area (Å²) >= 11 is 0. The smallest absolute Gasteiger partial charge is 0.0901 e. The van der Waals surface area contributed by atoms with E-state index in [4.69, 9.17) is 9.47 Å². The molecule has 0 saturated heterocycles. The standard InChI is InChI=1S/C21H38O2/c1-3-5-6-15-23-17-19-9-13-21(14-10-19)20-11-7-18(8-12-20)16-22-4-2/h6,15,18-21H,3-5,7-14,16-17H2,1-2H3/b15-6-. The molecular weight excluding hydrogens is 284 g/mol. The molecule has 0 bridgehead atoms. The quantitative estimate of drug-likeness (QED) is 0.487. The van der Waals surface area contributed by atoms with Crippen molar-refractivity contribution in [2.75, 3.05) is 19.8 Å². The molecule has 134 valence electrons. The molecule has 0 aromatic rings. The van der Waals surface area contributed by atoms with Crippen LogP contribution < -0.4 is 0 Å². The average molecular weight is 323 g/mol. The molecular formula is C21H38O2. The Hall–Kier alpha value is -0.500. The molecule has 0 unspecified atom stereocenters. The fourth-order valence-electron chi connectivity index (χ4n) is 4.43. The highest BCUT2D eigenvalue weighted by atomic mass is 16.5. The number of unbranched alkanes of at least 4 members (excludes halogenated alkanes) is 1. The minimum atomic E-state index is 0.798. The van der Waals surface area contributed by atoms with Crippen LogP contribution in [0.15, 0.2) is 12.3 Å². The maximum absolute atomic E-state index is 5.71. The van der Waals surface area contributed by atoms with Gasteiger partial charge in [-0.2, -0.15) is 0 Å². The summed E-state index contributed by atoms with van der Waals surface area (Å²) in [5, 5.41) is 0. The Morgan fingerprint density at radius 2 is 1.35 bits per heavy atom. The van der Waals surface area contributed by atoms with Crippen LogP contribution in [0.2, 0.25) is 0 Å². The summed E-state index contributed by atoms with van der Waals surface area (Å²) in [6.45, 7) is 7.12. The van der Waals surface area contributed by atoms with E-state index in [0.29, 0.717) is 0 Å². The van der Waals surface area contributed by atoms with E-state index < -0.39 is 0 Å². The molecule has 2 aliphatic carbocycles. The Kier molecular flexibility index (Phi) is 9.11. The second-order valence-corrected chi connectivity index (χ2v) is 7.71. The zero-order chi connectivity index (χ0) is 16.3. The maximum Gasteiger partial charge on any atom is 0.0901 e. The van der Waals surface area contributed by atoms with Crippen molar-refractivity contribution in [2.24, 2.45) is 23.7 Å². The van der Waals surface area contributed by atoms with E-state index in [1.165, 1.54) is 57.8 Å². The van der Waals surface area contributed by atoms with Crippen LogP contribution in [0.4, 0.5) is 0 Å². The lowest BCUT2D eigenvalue weighted by Crippen LogP contribution is -2.28. The van der Waals surface area contributed by atoms with E-state index in [1.807, 2.05) is 6.26 Å². The van der Waals surface area contributed by atoms with Gasteiger partial charge in [0.25, 0.3) is 0 Å². The number of hydrogen-bond acceptors (Lipinski definition) is 2. The van der Waals surface area contributed by atoms with Crippen molar-refractivity contribution in [3.63, 3.8) is 0 Å². The average Bonchev–Trinajstić information content (AvgIpc) is 2.61. The Labute approximate surface area is 144 Å². The number of rotatable bonds is 9. The third-order valence-corrected chi connectivity index (χ3v) is 5.99. The van der Waals surface area contributed by atoms with Gasteiger partial charge in [-0.05, 0) is 94.5 Å². The van der Waals surface area contributed by atoms with Gasteiger partial charge in [-0.25, -0.2) is 0 Å². The van der Waals surface area contributed by atoms with Crippen molar-refractivity contribution in [3.8, 4) is 0 Å². The summed E-state index contributed by atoms with van der Waals surface area (Å²) in [6.07, 6.45) is 17.8. The Morgan fingerprint density at radius 3 is 1.87 bits per heavy atom. The van der Waals surface area contributed by atoms with Gasteiger partial charge in [-0.3, -0.25) is 0 Å². The Morgan fingerprint density at radius 1 is 0.783 bits per heavy atom. The lowest BCUT2D eigenvalue weighted by Gasteiger charge is -2.37. The van der Waals surface area contributed by atoms with Crippen molar-refractivity contribution >= 4 is 0 Å². The predicted octanol–water partition coefficient (Wildman–Crippen LogP) is 5.97. The fourth-order valence-corrected chi connectivity index (χ4v) is 4.43. The van der Waals surface area contributed by atoms with Crippen molar-refractivity contribution in [3.05, 3.63) is 12.3 Å². The first kappa shape index (κ1) is 18.8. The third-order valence-electron chi connectivity index (χ3n) is 5.99. The minimum absolute atomic E-state index is 0.798. The molecule has 0 aliphatic heterocycles. The first-order valence-electron chi connectivity index (χ1n) is 10.2. The SMILES string of the molecule is CCC/C=C\OCC1CCC(C2CCC(COCC)CC2)CC1. The third kappa shape index (κ3) is 6.87. The maximum atomic E-state index is 5.71. The van der Waals surface area contributed by atoms with E-state index in [9.17, 15) is 0 Å². The van der Waals surface area contributed by atoms with Gasteiger partial charge in [-0.15, -0.1) is 0 Å². The van der Waals surface area contributed by atoms with Gasteiger partial charge >= 0.3 is 0 Å². The molecule has 0 aromatic heterocycles. The van der Waals surface area contributed by atoms with Crippen LogP contribution >= 0.6 is 0 Å². The zero-order valence-corrected chi connectivity index (χ0v) is 15.5. The summed E-state index contributed by atoms with van der Waals surface area (Å²) < 4.78 is 11.3. The molecule has 0 spiro atoms. The molecule has 0 aromatic carbocycles. The lowest BCUT2D eigenvalue weighted by molar-refractivity contribution is 0.0668. The van der Waals surface area contributed by atoms with Gasteiger partial charge in [0.1, 0.15) is 0 Å². The van der Waals surface area contributed by atoms with Gasteiger partial charge in [0, 0.05) is 13.2 Å². The van der Waals surface area contributed by atoms with Gasteiger partial charge in [-0.1, -0.05) is 13.3 Å². The van der Waals surface area contributed by atoms with Gasteiger partial charge < -0.3 is 9.47 Å². The molecule has 0 amide bonds. The van der Waals surface area contributed by atoms with E-state index in [0.717, 1.165) is 49.9 Å². The van der Waals surface area contributed by atoms with Crippen LogP contribution in [0.5, 0.6) is 0 Å². The highest BCUT2D eigenvalue weighted by Gasteiger charge is 2.30. The molecule has 2 fully saturated rings. The fraction of sp³-hybridized carbons (Fsp3) is 0.905. The van der Waals surface area contributed by atoms with Crippen LogP contribution in [0.3, 0.4) is 0 Å². The Bertz CT molecular complexity index is 310. The molecule has 2 aliphatic rings. The summed E-state index contributed by atoms with van der Waals surface area (Å²) in [6, 6.07) is 0. The number of hydrogen-bond donors (Lipinski definition) is 0. The zero-order valence-electron chi connectivity index (χ0n) is 15.5. The Balaban J connectivity index is 1.58. The molecule has 2 nitrogen and oxygen atoms in total. The van der Waals surface area contributed by atoms with Crippen LogP contribution in [0.1, 0.15) is 78.1 Å². The van der Waals surface area contributed by atoms with Crippen LogP contribution in [0, 0.1) is 23.7 Å². The highest BCUT2D eigenvalue weighted by Crippen LogP contribution is 2.41. The van der Waals surface area contributed by atoms with Crippen molar-refractivity contribution < 1.29 is 9.47 Å². The molecule has 2 rings (SSSR count). The highest BCUT2D eigenvalue weighted by molar-refractivity contribution is 4.82. The molecule has 0 N–H and O–H groups in total. The first-order valence-corrected chi connectivity index (χ1v) is 10.2. The molecule has 0 heterocycles. The van der Waals surface area contributed by atoms with E-state index in [-0.39, 0.29) is 0 Å². The molecule has 0 radical (unpaired) electrons. The van der Waals surface area contributed by atoms with E-state index in [2.05, 4.69) is 19.9 Å². The monoisotopic (exact) mass is 322 g/mol. The summed E-state index contributed by atoms with van der Waals surface area (Å²) in [5.74, 6) is 3.63. The molecule has 2 heteroatoms. The molecule has 23 heavy (non-hydrogen) atoms. The van der Waals surface area contributed by atoms with E-state index >= 15 is 0 Å². The molecule has 0 atom stereocenters. The van der Waals surface area contributed by atoms with Gasteiger partial charge in [0.2, 0.25) is 0 Å². The minimum Gasteiger partial charge on any atom is -0.501 e. The summed E-state index contributed by atoms with van der Waals surface area (Å²) in [5.41, 5.74) is 0. The van der Waals surface area contributed by atoms with Crippen LogP contribution in [-0.4, -0.2) is 19.8 Å². The summed E-state index contributed by atoms with van der Waals surface area (Å²) in [7, 11) is 0.